The van der Waals surface area contributed by atoms with Crippen LogP contribution in [0.2, 0.25) is 0 Å². The second-order valence-electron chi connectivity index (χ2n) is 6.83. The highest BCUT2D eigenvalue weighted by Gasteiger charge is 2.16. The number of carbonyl (C=O) groups excluding carboxylic acids is 1. The van der Waals surface area contributed by atoms with Crippen molar-refractivity contribution < 1.29 is 14.6 Å². The quantitative estimate of drug-likeness (QED) is 0.719. The maximum Gasteiger partial charge on any atom is 0.220 e. The average Bonchev–Trinajstić information content (AvgIpc) is 2.57. The third-order valence-corrected chi connectivity index (χ3v) is 4.64. The molecule has 1 amide bonds. The Kier molecular flexibility index (Phi) is 8.22. The molecule has 1 aliphatic heterocycles. The highest BCUT2D eigenvalue weighted by molar-refractivity contribution is 5.75. The SMILES string of the molecule is CCOc1ccc(CCCC(=O)NCCN2CCCC(O)C2)cc1C. The normalized spacial score (nSPS) is 18.1. The summed E-state index contributed by atoms with van der Waals surface area (Å²) >= 11 is 0. The van der Waals surface area contributed by atoms with Gasteiger partial charge in [-0.2, -0.15) is 0 Å². The molecule has 25 heavy (non-hydrogen) atoms. The molecule has 0 aromatic heterocycles. The minimum absolute atomic E-state index is 0.111. The summed E-state index contributed by atoms with van der Waals surface area (Å²) in [7, 11) is 0. The van der Waals surface area contributed by atoms with E-state index in [1.54, 1.807) is 0 Å². The summed E-state index contributed by atoms with van der Waals surface area (Å²) in [5, 5.41) is 12.6. The molecule has 0 bridgehead atoms. The first-order valence-electron chi connectivity index (χ1n) is 9.48. The predicted molar refractivity (Wildman–Crippen MR) is 100.0 cm³/mol. The number of amides is 1. The highest BCUT2D eigenvalue weighted by Crippen LogP contribution is 2.20. The number of β-amino-alcohol motifs (C(OH)–C–C–N with tert-alkyl or cyclic N) is 1. The van der Waals surface area contributed by atoms with Gasteiger partial charge in [-0.05, 0) is 63.3 Å². The number of aliphatic hydroxyl groups is 1. The van der Waals surface area contributed by atoms with Gasteiger partial charge in [0.2, 0.25) is 5.91 Å². The van der Waals surface area contributed by atoms with Crippen molar-refractivity contribution in [2.24, 2.45) is 0 Å². The maximum absolute atomic E-state index is 11.9. The molecule has 1 heterocycles. The molecule has 1 aliphatic rings. The van der Waals surface area contributed by atoms with Crippen LogP contribution < -0.4 is 10.1 Å². The largest absolute Gasteiger partial charge is 0.494 e. The molecular formula is C20H32N2O3. The Balaban J connectivity index is 1.61. The fourth-order valence-electron chi connectivity index (χ4n) is 3.31. The Bertz CT molecular complexity index is 548. The van der Waals surface area contributed by atoms with E-state index < -0.39 is 0 Å². The number of aliphatic hydroxyl groups excluding tert-OH is 1. The first-order chi connectivity index (χ1) is 12.1. The molecule has 2 N–H and O–H groups in total. The monoisotopic (exact) mass is 348 g/mol. The van der Waals surface area contributed by atoms with Crippen LogP contribution in [0.3, 0.4) is 0 Å². The predicted octanol–water partition coefficient (Wildman–Crippen LogP) is 2.29. The van der Waals surface area contributed by atoms with Gasteiger partial charge in [0.15, 0.2) is 0 Å². The van der Waals surface area contributed by atoms with Crippen LogP contribution in [-0.2, 0) is 11.2 Å². The molecule has 1 unspecified atom stereocenters. The Labute approximate surface area is 151 Å². The van der Waals surface area contributed by atoms with E-state index in [1.165, 1.54) is 5.56 Å². The van der Waals surface area contributed by atoms with Crippen molar-refractivity contribution in [2.45, 2.75) is 52.1 Å². The molecule has 1 atom stereocenters. The van der Waals surface area contributed by atoms with E-state index >= 15 is 0 Å². The smallest absolute Gasteiger partial charge is 0.220 e. The van der Waals surface area contributed by atoms with Crippen molar-refractivity contribution in [1.82, 2.24) is 10.2 Å². The highest BCUT2D eigenvalue weighted by atomic mass is 16.5. The van der Waals surface area contributed by atoms with E-state index in [4.69, 9.17) is 4.74 Å². The Morgan fingerprint density at radius 1 is 1.44 bits per heavy atom. The summed E-state index contributed by atoms with van der Waals surface area (Å²) in [6.45, 7) is 7.94. The standard InChI is InChI=1S/C20H32N2O3/c1-3-25-19-10-9-17(14-16(19)2)6-4-8-20(24)21-11-13-22-12-5-7-18(23)15-22/h9-10,14,18,23H,3-8,11-13,15H2,1-2H3,(H,21,24). The summed E-state index contributed by atoms with van der Waals surface area (Å²) in [4.78, 5) is 14.2. The lowest BCUT2D eigenvalue weighted by Gasteiger charge is -2.29. The molecule has 0 saturated carbocycles. The number of rotatable bonds is 9. The van der Waals surface area contributed by atoms with Gasteiger partial charge < -0.3 is 15.2 Å². The van der Waals surface area contributed by atoms with Crippen molar-refractivity contribution in [2.75, 3.05) is 32.8 Å². The van der Waals surface area contributed by atoms with Crippen molar-refractivity contribution in [3.8, 4) is 5.75 Å². The fraction of sp³-hybridized carbons (Fsp3) is 0.650. The van der Waals surface area contributed by atoms with Crippen LogP contribution in [0.5, 0.6) is 5.75 Å². The molecule has 1 aromatic rings. The van der Waals surface area contributed by atoms with Crippen LogP contribution in [0, 0.1) is 6.92 Å². The van der Waals surface area contributed by atoms with Crippen LogP contribution in [0.1, 0.15) is 43.7 Å². The number of nitrogens with zero attached hydrogens (tertiary/aromatic N) is 1. The molecule has 5 nitrogen and oxygen atoms in total. The molecule has 1 saturated heterocycles. The minimum atomic E-state index is -0.206. The zero-order chi connectivity index (χ0) is 18.1. The lowest BCUT2D eigenvalue weighted by Crippen LogP contribution is -2.42. The van der Waals surface area contributed by atoms with Gasteiger partial charge in [0.25, 0.3) is 0 Å². The minimum Gasteiger partial charge on any atom is -0.494 e. The number of benzene rings is 1. The summed E-state index contributed by atoms with van der Waals surface area (Å²) in [5.41, 5.74) is 2.39. The number of likely N-dealkylation sites (tertiary alicyclic amines) is 1. The topological polar surface area (TPSA) is 61.8 Å². The number of hydrogen-bond acceptors (Lipinski definition) is 4. The van der Waals surface area contributed by atoms with Crippen molar-refractivity contribution in [1.29, 1.82) is 0 Å². The van der Waals surface area contributed by atoms with E-state index in [2.05, 4.69) is 29.3 Å². The maximum atomic E-state index is 11.9. The fourth-order valence-corrected chi connectivity index (χ4v) is 3.31. The summed E-state index contributed by atoms with van der Waals surface area (Å²) < 4.78 is 5.55. The van der Waals surface area contributed by atoms with Gasteiger partial charge >= 0.3 is 0 Å². The van der Waals surface area contributed by atoms with Crippen molar-refractivity contribution in [3.63, 3.8) is 0 Å². The van der Waals surface area contributed by atoms with Gasteiger partial charge in [-0.15, -0.1) is 0 Å². The molecule has 0 spiro atoms. The van der Waals surface area contributed by atoms with E-state index in [0.29, 0.717) is 19.6 Å². The van der Waals surface area contributed by atoms with Gasteiger partial charge in [0.1, 0.15) is 5.75 Å². The van der Waals surface area contributed by atoms with E-state index in [1.807, 2.05) is 13.0 Å². The van der Waals surface area contributed by atoms with Crippen LogP contribution in [-0.4, -0.2) is 54.8 Å². The van der Waals surface area contributed by atoms with Gasteiger partial charge in [-0.3, -0.25) is 9.69 Å². The molecule has 1 aromatic carbocycles. The molecule has 0 radical (unpaired) electrons. The van der Waals surface area contributed by atoms with Crippen molar-refractivity contribution in [3.05, 3.63) is 29.3 Å². The number of carbonyl (C=O) groups is 1. The average molecular weight is 348 g/mol. The number of aryl methyl sites for hydroxylation is 2. The van der Waals surface area contributed by atoms with Gasteiger partial charge in [0, 0.05) is 26.1 Å². The van der Waals surface area contributed by atoms with Crippen LogP contribution in [0.25, 0.3) is 0 Å². The second-order valence-corrected chi connectivity index (χ2v) is 6.83. The van der Waals surface area contributed by atoms with Crippen LogP contribution in [0.4, 0.5) is 0 Å². The van der Waals surface area contributed by atoms with E-state index in [-0.39, 0.29) is 12.0 Å². The molecule has 0 aliphatic carbocycles. The molecule has 5 heteroatoms. The van der Waals surface area contributed by atoms with Crippen LogP contribution in [0.15, 0.2) is 18.2 Å². The van der Waals surface area contributed by atoms with Gasteiger partial charge in [-0.1, -0.05) is 12.1 Å². The van der Waals surface area contributed by atoms with Gasteiger partial charge in [-0.25, -0.2) is 0 Å². The van der Waals surface area contributed by atoms with E-state index in [9.17, 15) is 9.90 Å². The number of nitrogens with one attached hydrogen (secondary N) is 1. The second kappa shape index (κ2) is 10.4. The molecular weight excluding hydrogens is 316 g/mol. The first kappa shape index (κ1) is 19.7. The molecule has 140 valence electrons. The summed E-state index contributed by atoms with van der Waals surface area (Å²) in [6.07, 6.45) is 4.03. The molecule has 2 rings (SSSR count). The summed E-state index contributed by atoms with van der Waals surface area (Å²) in [5.74, 6) is 1.05. The van der Waals surface area contributed by atoms with Crippen molar-refractivity contribution >= 4 is 5.91 Å². The zero-order valence-electron chi connectivity index (χ0n) is 15.6. The van der Waals surface area contributed by atoms with Gasteiger partial charge in [0.05, 0.1) is 12.7 Å². The van der Waals surface area contributed by atoms with Crippen LogP contribution >= 0.6 is 0 Å². The molecule has 1 fully saturated rings. The number of ether oxygens (including phenoxy) is 1. The Morgan fingerprint density at radius 3 is 3.00 bits per heavy atom. The summed E-state index contributed by atoms with van der Waals surface area (Å²) in [6, 6.07) is 6.24. The Morgan fingerprint density at radius 2 is 2.28 bits per heavy atom. The number of hydrogen-bond donors (Lipinski definition) is 2. The van der Waals surface area contributed by atoms with E-state index in [0.717, 1.165) is 56.6 Å². The third kappa shape index (κ3) is 7.04. The Hall–Kier alpha value is -1.59. The first-order valence-corrected chi connectivity index (χ1v) is 9.48. The lowest BCUT2D eigenvalue weighted by molar-refractivity contribution is -0.121. The zero-order valence-corrected chi connectivity index (χ0v) is 15.6. The third-order valence-electron chi connectivity index (χ3n) is 4.64. The lowest BCUT2D eigenvalue weighted by atomic mass is 10.0. The number of piperidine rings is 1.